The largest absolute Gasteiger partial charge is 0.389 e. The minimum atomic E-state index is -0.903. The van der Waals surface area contributed by atoms with Crippen molar-refractivity contribution in [3.63, 3.8) is 0 Å². The van der Waals surface area contributed by atoms with E-state index < -0.39 is 12.2 Å². The summed E-state index contributed by atoms with van der Waals surface area (Å²) in [7, 11) is 0. The smallest absolute Gasteiger partial charge is 0.109 e. The minimum Gasteiger partial charge on any atom is -0.389 e. The highest BCUT2D eigenvalue weighted by Gasteiger charge is 2.18. The van der Waals surface area contributed by atoms with Gasteiger partial charge in [0.05, 0.1) is 12.3 Å². The van der Waals surface area contributed by atoms with Crippen molar-refractivity contribution < 1.29 is 10.2 Å². The third-order valence-electron chi connectivity index (χ3n) is 2.04. The van der Waals surface area contributed by atoms with Crippen LogP contribution < -0.4 is 0 Å². The zero-order valence-electron chi connectivity index (χ0n) is 8.33. The number of aromatic nitrogens is 2. The zero-order chi connectivity index (χ0) is 10.7. The van der Waals surface area contributed by atoms with Gasteiger partial charge in [0.25, 0.3) is 0 Å². The Morgan fingerprint density at radius 3 is 2.57 bits per heavy atom. The Morgan fingerprint density at radius 1 is 1.50 bits per heavy atom. The van der Waals surface area contributed by atoms with E-state index in [4.69, 9.17) is 0 Å². The van der Waals surface area contributed by atoms with Gasteiger partial charge in [-0.05, 0) is 13.8 Å². The van der Waals surface area contributed by atoms with Crippen LogP contribution in [-0.2, 0) is 0 Å². The summed E-state index contributed by atoms with van der Waals surface area (Å²) in [6.07, 6.45) is 1.56. The summed E-state index contributed by atoms with van der Waals surface area (Å²) in [5, 5.41) is 23.1. The summed E-state index contributed by atoms with van der Waals surface area (Å²) in [5.41, 5.74) is 0.625. The number of nitrogens with zero attached hydrogens (tertiary/aromatic N) is 2. The molecule has 2 atom stereocenters. The lowest BCUT2D eigenvalue weighted by molar-refractivity contribution is 0.0337. The fraction of sp³-hybridized carbons (Fsp3) is 0.667. The van der Waals surface area contributed by atoms with Crippen molar-refractivity contribution in [3.8, 4) is 0 Å². The Hall–Kier alpha value is -0.520. The first-order chi connectivity index (χ1) is 6.56. The summed E-state index contributed by atoms with van der Waals surface area (Å²) in [4.78, 5) is 0. The van der Waals surface area contributed by atoms with Gasteiger partial charge in [-0.25, -0.2) is 0 Å². The molecule has 5 heteroatoms. The van der Waals surface area contributed by atoms with Crippen LogP contribution in [0.5, 0.6) is 0 Å². The normalized spacial score (nSPS) is 15.9. The Kier molecular flexibility index (Phi) is 3.97. The maximum Gasteiger partial charge on any atom is 0.109 e. The molecule has 0 saturated heterocycles. The first-order valence-electron chi connectivity index (χ1n) is 4.57. The second-order valence-electron chi connectivity index (χ2n) is 3.54. The summed E-state index contributed by atoms with van der Waals surface area (Å²) >= 11 is 3.92. The number of hydrogen-bond acceptors (Lipinski definition) is 4. The highest BCUT2D eigenvalue weighted by molar-refractivity contribution is 7.80. The molecule has 0 amide bonds. The first kappa shape index (κ1) is 11.6. The van der Waals surface area contributed by atoms with E-state index in [1.165, 1.54) is 0 Å². The lowest BCUT2D eigenvalue weighted by atomic mass is 10.1. The molecule has 0 bridgehead atoms. The summed E-state index contributed by atoms with van der Waals surface area (Å²) in [6, 6.07) is 0.254. The van der Waals surface area contributed by atoms with E-state index in [1.807, 2.05) is 13.8 Å². The second-order valence-corrected chi connectivity index (χ2v) is 3.91. The van der Waals surface area contributed by atoms with Crippen molar-refractivity contribution in [1.29, 1.82) is 0 Å². The topological polar surface area (TPSA) is 58.3 Å². The van der Waals surface area contributed by atoms with Gasteiger partial charge in [0.1, 0.15) is 6.10 Å². The van der Waals surface area contributed by atoms with Crippen LogP contribution in [0.2, 0.25) is 0 Å². The molecule has 0 aliphatic carbocycles. The van der Waals surface area contributed by atoms with Gasteiger partial charge < -0.3 is 10.2 Å². The molecule has 0 saturated carbocycles. The van der Waals surface area contributed by atoms with Crippen LogP contribution in [0, 0.1) is 0 Å². The molecule has 2 unspecified atom stereocenters. The number of aliphatic hydroxyl groups is 2. The molecule has 2 N–H and O–H groups in total. The van der Waals surface area contributed by atoms with Crippen molar-refractivity contribution >= 4 is 12.6 Å². The molecular weight excluding hydrogens is 200 g/mol. The van der Waals surface area contributed by atoms with E-state index in [-0.39, 0.29) is 11.8 Å². The Morgan fingerprint density at radius 2 is 2.14 bits per heavy atom. The van der Waals surface area contributed by atoms with Crippen molar-refractivity contribution in [2.45, 2.75) is 32.1 Å². The van der Waals surface area contributed by atoms with Gasteiger partial charge >= 0.3 is 0 Å². The predicted octanol–water partition coefficient (Wildman–Crippen LogP) is 0.788. The Labute approximate surface area is 89.0 Å². The van der Waals surface area contributed by atoms with E-state index in [9.17, 15) is 10.2 Å². The second kappa shape index (κ2) is 4.82. The van der Waals surface area contributed by atoms with Crippen molar-refractivity contribution in [2.75, 3.05) is 5.75 Å². The molecule has 0 radical (unpaired) electrons. The number of thiol groups is 1. The maximum atomic E-state index is 9.63. The van der Waals surface area contributed by atoms with Crippen molar-refractivity contribution in [1.82, 2.24) is 9.78 Å². The molecule has 0 aliphatic heterocycles. The molecule has 1 heterocycles. The molecule has 0 fully saturated rings. The van der Waals surface area contributed by atoms with Crippen molar-refractivity contribution in [2.24, 2.45) is 0 Å². The predicted molar refractivity (Wildman–Crippen MR) is 57.4 cm³/mol. The van der Waals surface area contributed by atoms with Gasteiger partial charge in [0.2, 0.25) is 0 Å². The van der Waals surface area contributed by atoms with Crippen LogP contribution >= 0.6 is 12.6 Å². The first-order valence-corrected chi connectivity index (χ1v) is 5.20. The van der Waals surface area contributed by atoms with Gasteiger partial charge in [-0.1, -0.05) is 0 Å². The molecule has 0 spiro atoms. The van der Waals surface area contributed by atoms with E-state index in [2.05, 4.69) is 17.7 Å². The van der Waals surface area contributed by atoms with Crippen molar-refractivity contribution in [3.05, 3.63) is 18.0 Å². The minimum absolute atomic E-state index is 0.230. The molecule has 80 valence electrons. The molecular formula is C9H16N2O2S. The third-order valence-corrected chi connectivity index (χ3v) is 2.42. The van der Waals surface area contributed by atoms with Gasteiger partial charge in [-0.3, -0.25) is 4.68 Å². The molecule has 0 aromatic carbocycles. The lowest BCUT2D eigenvalue weighted by Gasteiger charge is -2.13. The average Bonchev–Trinajstić information content (AvgIpc) is 2.64. The monoisotopic (exact) mass is 216 g/mol. The fourth-order valence-corrected chi connectivity index (χ4v) is 1.31. The van der Waals surface area contributed by atoms with Gasteiger partial charge in [-0.2, -0.15) is 17.7 Å². The third kappa shape index (κ3) is 2.50. The number of rotatable bonds is 4. The van der Waals surface area contributed by atoms with Crippen LogP contribution in [0.3, 0.4) is 0 Å². The fourth-order valence-electron chi connectivity index (χ4n) is 1.11. The van der Waals surface area contributed by atoms with E-state index >= 15 is 0 Å². The standard InChI is InChI=1S/C9H16N2O2S/c1-6(2)11-4-7(3-10-11)9(13)8(12)5-14/h3-4,6,8-9,12-14H,5H2,1-2H3. The van der Waals surface area contributed by atoms with Gasteiger partial charge in [-0.15, -0.1) is 0 Å². The number of aliphatic hydroxyl groups excluding tert-OH is 2. The van der Waals surface area contributed by atoms with Gasteiger partial charge in [0.15, 0.2) is 0 Å². The summed E-state index contributed by atoms with van der Waals surface area (Å²) in [6.45, 7) is 4.00. The number of hydrogen-bond donors (Lipinski definition) is 3. The molecule has 1 aromatic heterocycles. The van der Waals surface area contributed by atoms with E-state index in [0.717, 1.165) is 0 Å². The van der Waals surface area contributed by atoms with Crippen LogP contribution in [-0.4, -0.2) is 31.9 Å². The molecule has 4 nitrogen and oxygen atoms in total. The average molecular weight is 216 g/mol. The summed E-state index contributed by atoms with van der Waals surface area (Å²) < 4.78 is 1.74. The molecule has 0 aliphatic rings. The lowest BCUT2D eigenvalue weighted by Crippen LogP contribution is -2.19. The summed E-state index contributed by atoms with van der Waals surface area (Å²) in [5.74, 6) is 0.230. The highest BCUT2D eigenvalue weighted by atomic mass is 32.1. The Bertz CT molecular complexity index is 288. The van der Waals surface area contributed by atoms with Crippen LogP contribution in [0.1, 0.15) is 31.6 Å². The molecule has 14 heavy (non-hydrogen) atoms. The van der Waals surface area contributed by atoms with Gasteiger partial charge in [0, 0.05) is 23.6 Å². The van der Waals surface area contributed by atoms with Crippen LogP contribution in [0.4, 0.5) is 0 Å². The van der Waals surface area contributed by atoms with E-state index in [1.54, 1.807) is 17.1 Å². The quantitative estimate of drug-likeness (QED) is 0.652. The van der Waals surface area contributed by atoms with Crippen LogP contribution in [0.25, 0.3) is 0 Å². The maximum absolute atomic E-state index is 9.63. The Balaban J connectivity index is 2.76. The highest BCUT2D eigenvalue weighted by Crippen LogP contribution is 2.18. The molecule has 1 rings (SSSR count). The van der Waals surface area contributed by atoms with E-state index in [0.29, 0.717) is 5.56 Å². The molecule has 1 aromatic rings. The SMILES string of the molecule is CC(C)n1cc(C(O)C(O)CS)cn1. The van der Waals surface area contributed by atoms with Crippen LogP contribution in [0.15, 0.2) is 12.4 Å². The zero-order valence-corrected chi connectivity index (χ0v) is 9.22.